The van der Waals surface area contributed by atoms with Crippen LogP contribution in [0.3, 0.4) is 0 Å². The third-order valence-corrected chi connectivity index (χ3v) is 3.61. The predicted octanol–water partition coefficient (Wildman–Crippen LogP) is 0.672. The Bertz CT molecular complexity index is 315. The second-order valence-electron chi connectivity index (χ2n) is 4.96. The lowest BCUT2D eigenvalue weighted by atomic mass is 9.98. The summed E-state index contributed by atoms with van der Waals surface area (Å²) in [6, 6.07) is 0.0318. The molecule has 2 aliphatic heterocycles. The Kier molecular flexibility index (Phi) is 4.41. The van der Waals surface area contributed by atoms with Crippen molar-refractivity contribution in [3.05, 3.63) is 0 Å². The van der Waals surface area contributed by atoms with E-state index in [1.54, 1.807) is 4.90 Å². The number of carboxylic acids is 1. The molecule has 0 bridgehead atoms. The smallest absolute Gasteiger partial charge is 0.317 e. The van der Waals surface area contributed by atoms with Gasteiger partial charge in [0.25, 0.3) is 0 Å². The molecular formula is C12H20N2O4. The van der Waals surface area contributed by atoms with Gasteiger partial charge >= 0.3 is 12.0 Å². The summed E-state index contributed by atoms with van der Waals surface area (Å²) in [4.78, 5) is 24.6. The van der Waals surface area contributed by atoms with Gasteiger partial charge in [-0.25, -0.2) is 4.79 Å². The fraction of sp³-hybridized carbons (Fsp3) is 0.833. The highest BCUT2D eigenvalue weighted by Crippen LogP contribution is 2.17. The number of hydrogen-bond donors (Lipinski definition) is 2. The van der Waals surface area contributed by atoms with Gasteiger partial charge in [-0.15, -0.1) is 0 Å². The molecule has 0 aliphatic carbocycles. The molecule has 2 amide bonds. The number of likely N-dealkylation sites (tertiary alicyclic amines) is 1. The van der Waals surface area contributed by atoms with Crippen LogP contribution in [0.4, 0.5) is 4.79 Å². The first-order chi connectivity index (χ1) is 8.66. The maximum absolute atomic E-state index is 12.0. The van der Waals surface area contributed by atoms with Gasteiger partial charge in [0, 0.05) is 32.3 Å². The molecule has 0 saturated carbocycles. The van der Waals surface area contributed by atoms with Crippen molar-refractivity contribution in [3.63, 3.8) is 0 Å². The summed E-state index contributed by atoms with van der Waals surface area (Å²) < 4.78 is 5.23. The van der Waals surface area contributed by atoms with Crippen LogP contribution < -0.4 is 5.32 Å². The molecule has 1 atom stereocenters. The minimum atomic E-state index is -0.807. The molecule has 2 aliphatic rings. The first kappa shape index (κ1) is 13.1. The summed E-state index contributed by atoms with van der Waals surface area (Å²) in [7, 11) is 0. The molecule has 2 fully saturated rings. The molecular weight excluding hydrogens is 236 g/mol. The first-order valence-corrected chi connectivity index (χ1v) is 6.53. The van der Waals surface area contributed by atoms with Gasteiger partial charge in [-0.2, -0.15) is 0 Å². The Hall–Kier alpha value is -1.30. The topological polar surface area (TPSA) is 78.9 Å². The number of hydrogen-bond acceptors (Lipinski definition) is 3. The number of ether oxygens (including phenoxy) is 1. The zero-order chi connectivity index (χ0) is 13.0. The van der Waals surface area contributed by atoms with Crippen LogP contribution in [-0.4, -0.2) is 54.4 Å². The van der Waals surface area contributed by atoms with Crippen LogP contribution in [0.15, 0.2) is 0 Å². The molecule has 6 heteroatoms. The Morgan fingerprint density at radius 2 is 1.94 bits per heavy atom. The van der Waals surface area contributed by atoms with Gasteiger partial charge in [0.2, 0.25) is 0 Å². The van der Waals surface area contributed by atoms with Crippen molar-refractivity contribution in [1.29, 1.82) is 0 Å². The van der Waals surface area contributed by atoms with E-state index < -0.39 is 11.9 Å². The van der Waals surface area contributed by atoms with E-state index in [-0.39, 0.29) is 12.1 Å². The second kappa shape index (κ2) is 6.04. The van der Waals surface area contributed by atoms with E-state index in [2.05, 4.69) is 5.32 Å². The zero-order valence-electron chi connectivity index (χ0n) is 10.4. The van der Waals surface area contributed by atoms with Gasteiger partial charge in [0.1, 0.15) is 0 Å². The predicted molar refractivity (Wildman–Crippen MR) is 64.3 cm³/mol. The van der Waals surface area contributed by atoms with Crippen LogP contribution in [0, 0.1) is 5.92 Å². The average Bonchev–Trinajstić information content (AvgIpc) is 2.40. The quantitative estimate of drug-likeness (QED) is 0.761. The minimum absolute atomic E-state index is 0.132. The molecule has 0 aromatic heterocycles. The Labute approximate surface area is 106 Å². The average molecular weight is 256 g/mol. The highest BCUT2D eigenvalue weighted by Gasteiger charge is 2.29. The largest absolute Gasteiger partial charge is 0.481 e. The summed E-state index contributed by atoms with van der Waals surface area (Å²) in [5.41, 5.74) is 0. The van der Waals surface area contributed by atoms with Crippen LogP contribution >= 0.6 is 0 Å². The number of carbonyl (C=O) groups is 2. The van der Waals surface area contributed by atoms with Crippen LogP contribution in [0.5, 0.6) is 0 Å². The summed E-state index contributed by atoms with van der Waals surface area (Å²) in [5.74, 6) is -1.22. The summed E-state index contributed by atoms with van der Waals surface area (Å²) in [6.45, 7) is 2.34. The number of rotatable bonds is 2. The Morgan fingerprint density at radius 1 is 1.22 bits per heavy atom. The number of amides is 2. The molecule has 2 saturated heterocycles. The molecule has 0 aromatic carbocycles. The zero-order valence-corrected chi connectivity index (χ0v) is 10.4. The maximum Gasteiger partial charge on any atom is 0.317 e. The highest BCUT2D eigenvalue weighted by molar-refractivity contribution is 5.76. The molecule has 0 radical (unpaired) electrons. The van der Waals surface area contributed by atoms with E-state index in [0.717, 1.165) is 19.3 Å². The molecule has 2 N–H and O–H groups in total. The summed E-state index contributed by atoms with van der Waals surface area (Å²) in [6.07, 6.45) is 3.10. The SMILES string of the molecule is O=C(O)C1CCCN(C(=O)NC2CCOCC2)C1. The number of nitrogens with one attached hydrogen (secondary N) is 1. The number of aliphatic carboxylic acids is 1. The van der Waals surface area contributed by atoms with Crippen molar-refractivity contribution in [2.45, 2.75) is 31.7 Å². The second-order valence-corrected chi connectivity index (χ2v) is 4.96. The van der Waals surface area contributed by atoms with E-state index in [4.69, 9.17) is 9.84 Å². The Balaban J connectivity index is 1.82. The van der Waals surface area contributed by atoms with Gasteiger partial charge in [-0.1, -0.05) is 0 Å². The summed E-state index contributed by atoms with van der Waals surface area (Å²) in [5, 5.41) is 11.9. The van der Waals surface area contributed by atoms with Crippen molar-refractivity contribution in [2.24, 2.45) is 5.92 Å². The van der Waals surface area contributed by atoms with Crippen molar-refractivity contribution in [1.82, 2.24) is 10.2 Å². The number of piperidine rings is 1. The molecule has 2 heterocycles. The van der Waals surface area contributed by atoms with Gasteiger partial charge < -0.3 is 20.1 Å². The van der Waals surface area contributed by atoms with Gasteiger partial charge in [-0.05, 0) is 25.7 Å². The molecule has 1 unspecified atom stereocenters. The van der Waals surface area contributed by atoms with Crippen LogP contribution in [0.25, 0.3) is 0 Å². The number of nitrogens with zero attached hydrogens (tertiary/aromatic N) is 1. The number of carboxylic acid groups (broad SMARTS) is 1. The molecule has 102 valence electrons. The first-order valence-electron chi connectivity index (χ1n) is 6.53. The highest BCUT2D eigenvalue weighted by atomic mass is 16.5. The van der Waals surface area contributed by atoms with Crippen molar-refractivity contribution in [3.8, 4) is 0 Å². The molecule has 18 heavy (non-hydrogen) atoms. The van der Waals surface area contributed by atoms with E-state index in [0.29, 0.717) is 32.7 Å². The lowest BCUT2D eigenvalue weighted by Crippen LogP contribution is -2.50. The van der Waals surface area contributed by atoms with Crippen molar-refractivity contribution in [2.75, 3.05) is 26.3 Å². The molecule has 0 aromatic rings. The third-order valence-electron chi connectivity index (χ3n) is 3.61. The third kappa shape index (κ3) is 3.35. The van der Waals surface area contributed by atoms with Crippen LogP contribution in [-0.2, 0) is 9.53 Å². The Morgan fingerprint density at radius 3 is 2.61 bits per heavy atom. The van der Waals surface area contributed by atoms with E-state index in [1.807, 2.05) is 0 Å². The lowest BCUT2D eigenvalue weighted by Gasteiger charge is -2.33. The van der Waals surface area contributed by atoms with E-state index >= 15 is 0 Å². The van der Waals surface area contributed by atoms with Crippen LogP contribution in [0.2, 0.25) is 0 Å². The standard InChI is InChI=1S/C12H20N2O4/c15-11(16)9-2-1-5-14(8-9)12(17)13-10-3-6-18-7-4-10/h9-10H,1-8H2,(H,13,17)(H,15,16). The number of urea groups is 1. The molecule has 6 nitrogen and oxygen atoms in total. The van der Waals surface area contributed by atoms with Gasteiger partial charge in [0.15, 0.2) is 0 Å². The van der Waals surface area contributed by atoms with Gasteiger partial charge in [-0.3, -0.25) is 4.79 Å². The van der Waals surface area contributed by atoms with E-state index in [9.17, 15) is 9.59 Å². The fourth-order valence-corrected chi connectivity index (χ4v) is 2.47. The van der Waals surface area contributed by atoms with Crippen molar-refractivity contribution >= 4 is 12.0 Å². The summed E-state index contributed by atoms with van der Waals surface area (Å²) >= 11 is 0. The van der Waals surface area contributed by atoms with E-state index in [1.165, 1.54) is 0 Å². The molecule has 2 rings (SSSR count). The minimum Gasteiger partial charge on any atom is -0.481 e. The normalized spacial score (nSPS) is 25.8. The van der Waals surface area contributed by atoms with Crippen LogP contribution in [0.1, 0.15) is 25.7 Å². The van der Waals surface area contributed by atoms with Gasteiger partial charge in [0.05, 0.1) is 5.92 Å². The number of carbonyl (C=O) groups excluding carboxylic acids is 1. The van der Waals surface area contributed by atoms with Crippen molar-refractivity contribution < 1.29 is 19.4 Å². The maximum atomic E-state index is 12.0. The monoisotopic (exact) mass is 256 g/mol. The lowest BCUT2D eigenvalue weighted by molar-refractivity contribution is -0.143. The molecule has 0 spiro atoms. The fourth-order valence-electron chi connectivity index (χ4n) is 2.47.